The van der Waals surface area contributed by atoms with Crippen molar-refractivity contribution < 1.29 is 23.7 Å². The largest absolute Gasteiger partial charge is 0.459 e. The van der Waals surface area contributed by atoms with Gasteiger partial charge < -0.3 is 19.8 Å². The molecule has 0 saturated heterocycles. The van der Waals surface area contributed by atoms with Gasteiger partial charge in [-0.2, -0.15) is 0 Å². The molecule has 34 heavy (non-hydrogen) atoms. The molecule has 1 heterocycles. The average molecular weight is 478 g/mol. The number of hydrogen-bond donors (Lipinski definition) is 2. The minimum atomic E-state index is -0.587. The third-order valence-electron chi connectivity index (χ3n) is 4.61. The molecule has 1 aromatic heterocycles. The van der Waals surface area contributed by atoms with Gasteiger partial charge in [0, 0.05) is 28.0 Å². The lowest BCUT2D eigenvalue weighted by Crippen LogP contribution is -2.12. The first-order valence-electron chi connectivity index (χ1n) is 9.87. The molecule has 0 unspecified atom stereocenters. The Bertz CT molecular complexity index is 1340. The summed E-state index contributed by atoms with van der Waals surface area (Å²) in [7, 11) is 0. The fourth-order valence-corrected chi connectivity index (χ4v) is 3.13. The third kappa shape index (κ3) is 5.40. The smallest absolute Gasteiger partial charge is 0.313 e. The number of nitro groups is 1. The summed E-state index contributed by atoms with van der Waals surface area (Å²) in [6, 6.07) is 20.0. The van der Waals surface area contributed by atoms with E-state index in [-0.39, 0.29) is 34.0 Å². The van der Waals surface area contributed by atoms with Crippen molar-refractivity contribution in [2.75, 3.05) is 10.6 Å². The van der Waals surface area contributed by atoms with Crippen molar-refractivity contribution in [3.63, 3.8) is 0 Å². The van der Waals surface area contributed by atoms with Crippen LogP contribution in [0.15, 0.2) is 89.5 Å². The highest BCUT2D eigenvalue weighted by atomic mass is 35.5. The number of ether oxygens (including phenoxy) is 1. The molecule has 9 nitrogen and oxygen atoms in total. The molecule has 0 atom stereocenters. The van der Waals surface area contributed by atoms with E-state index in [2.05, 4.69) is 10.6 Å². The summed E-state index contributed by atoms with van der Waals surface area (Å²) in [5.41, 5.74) is 1.15. The fraction of sp³-hybridized carbons (Fsp3) is 0. The Morgan fingerprint density at radius 2 is 1.53 bits per heavy atom. The van der Waals surface area contributed by atoms with Gasteiger partial charge in [-0.3, -0.25) is 19.7 Å². The van der Waals surface area contributed by atoms with Gasteiger partial charge in [0.2, 0.25) is 5.75 Å². The lowest BCUT2D eigenvalue weighted by Gasteiger charge is -2.09. The molecule has 0 aliphatic heterocycles. The standard InChI is InChI=1S/C24H16ClN3O6/c25-16-5-12-21(20(14-16)28(31)32)34-19-10-3-15(4-11-19)23(29)26-17-6-8-18(9-7-17)27-24(30)22-2-1-13-33-22/h1-14H,(H,26,29)(H,27,30). The van der Waals surface area contributed by atoms with Crippen molar-refractivity contribution in [1.82, 2.24) is 0 Å². The summed E-state index contributed by atoms with van der Waals surface area (Å²) in [6.07, 6.45) is 1.41. The highest BCUT2D eigenvalue weighted by Gasteiger charge is 2.17. The number of benzene rings is 3. The Kier molecular flexibility index (Phi) is 6.56. The number of carbonyl (C=O) groups is 2. The first-order chi connectivity index (χ1) is 16.4. The van der Waals surface area contributed by atoms with Gasteiger partial charge in [0.25, 0.3) is 11.8 Å². The number of carbonyl (C=O) groups excluding carboxylic acids is 2. The van der Waals surface area contributed by atoms with Gasteiger partial charge in [-0.25, -0.2) is 0 Å². The maximum atomic E-state index is 12.5. The van der Waals surface area contributed by atoms with E-state index in [1.807, 2.05) is 0 Å². The predicted octanol–water partition coefficient (Wildman–Crippen LogP) is 6.14. The second-order valence-electron chi connectivity index (χ2n) is 6.96. The van der Waals surface area contributed by atoms with Crippen LogP contribution in [0.1, 0.15) is 20.9 Å². The van der Waals surface area contributed by atoms with Gasteiger partial charge in [-0.05, 0) is 72.8 Å². The van der Waals surface area contributed by atoms with E-state index >= 15 is 0 Å². The second-order valence-corrected chi connectivity index (χ2v) is 7.39. The van der Waals surface area contributed by atoms with Crippen LogP contribution in [0.3, 0.4) is 0 Å². The zero-order valence-corrected chi connectivity index (χ0v) is 18.1. The Morgan fingerprint density at radius 3 is 2.12 bits per heavy atom. The maximum absolute atomic E-state index is 12.5. The zero-order valence-electron chi connectivity index (χ0n) is 17.4. The summed E-state index contributed by atoms with van der Waals surface area (Å²) in [6.45, 7) is 0. The minimum Gasteiger partial charge on any atom is -0.459 e. The van der Waals surface area contributed by atoms with Gasteiger partial charge in [0.1, 0.15) is 5.75 Å². The number of amides is 2. The molecule has 0 aliphatic carbocycles. The predicted molar refractivity (Wildman–Crippen MR) is 126 cm³/mol. The Hall–Kier alpha value is -4.63. The number of halogens is 1. The molecule has 3 aromatic carbocycles. The lowest BCUT2D eigenvalue weighted by molar-refractivity contribution is -0.385. The highest BCUT2D eigenvalue weighted by molar-refractivity contribution is 6.30. The molecule has 0 radical (unpaired) electrons. The Morgan fingerprint density at radius 1 is 0.882 bits per heavy atom. The summed E-state index contributed by atoms with van der Waals surface area (Å²) in [5, 5.41) is 16.9. The molecule has 0 spiro atoms. The summed E-state index contributed by atoms with van der Waals surface area (Å²) in [4.78, 5) is 35.2. The SMILES string of the molecule is O=C(Nc1ccc(NC(=O)c2ccco2)cc1)c1ccc(Oc2ccc(Cl)cc2[N+](=O)[O-])cc1. The second kappa shape index (κ2) is 9.88. The Labute approximate surface area is 198 Å². The molecular formula is C24H16ClN3O6. The first-order valence-corrected chi connectivity index (χ1v) is 10.2. The van der Waals surface area contributed by atoms with E-state index in [1.54, 1.807) is 36.4 Å². The summed E-state index contributed by atoms with van der Waals surface area (Å²) >= 11 is 5.81. The number of rotatable bonds is 7. The van der Waals surface area contributed by atoms with E-state index in [4.69, 9.17) is 20.8 Å². The van der Waals surface area contributed by atoms with E-state index in [1.165, 1.54) is 48.7 Å². The topological polar surface area (TPSA) is 124 Å². The number of hydrogen-bond acceptors (Lipinski definition) is 6. The normalized spacial score (nSPS) is 10.4. The maximum Gasteiger partial charge on any atom is 0.313 e. The van der Waals surface area contributed by atoms with Gasteiger partial charge in [-0.15, -0.1) is 0 Å². The van der Waals surface area contributed by atoms with Crippen LogP contribution in [-0.4, -0.2) is 16.7 Å². The van der Waals surface area contributed by atoms with Crippen LogP contribution in [0, 0.1) is 10.1 Å². The molecule has 170 valence electrons. The van der Waals surface area contributed by atoms with E-state index in [9.17, 15) is 19.7 Å². The molecule has 0 fully saturated rings. The van der Waals surface area contributed by atoms with Crippen LogP contribution in [-0.2, 0) is 0 Å². The van der Waals surface area contributed by atoms with Gasteiger partial charge in [-0.1, -0.05) is 11.6 Å². The molecule has 2 amide bonds. The number of nitrogens with zero attached hydrogens (tertiary/aromatic N) is 1. The monoisotopic (exact) mass is 477 g/mol. The van der Waals surface area contributed by atoms with Gasteiger partial charge >= 0.3 is 5.69 Å². The number of furan rings is 1. The van der Waals surface area contributed by atoms with Gasteiger partial charge in [0.15, 0.2) is 5.76 Å². The van der Waals surface area contributed by atoms with Crippen LogP contribution in [0.4, 0.5) is 17.1 Å². The van der Waals surface area contributed by atoms with Crippen molar-refractivity contribution in [3.05, 3.63) is 112 Å². The van der Waals surface area contributed by atoms with Crippen molar-refractivity contribution in [1.29, 1.82) is 0 Å². The molecular weight excluding hydrogens is 462 g/mol. The molecule has 4 rings (SSSR count). The number of anilines is 2. The van der Waals surface area contributed by atoms with Crippen LogP contribution >= 0.6 is 11.6 Å². The number of nitro benzene ring substituents is 1. The molecule has 0 saturated carbocycles. The van der Waals surface area contributed by atoms with Gasteiger partial charge in [0.05, 0.1) is 11.2 Å². The minimum absolute atomic E-state index is 0.0332. The number of nitrogens with one attached hydrogen (secondary N) is 2. The molecule has 4 aromatic rings. The molecule has 10 heteroatoms. The average Bonchev–Trinajstić information content (AvgIpc) is 3.37. The third-order valence-corrected chi connectivity index (χ3v) is 4.84. The zero-order chi connectivity index (χ0) is 24.1. The van der Waals surface area contributed by atoms with Crippen LogP contribution in [0.2, 0.25) is 5.02 Å². The lowest BCUT2D eigenvalue weighted by atomic mass is 10.2. The van der Waals surface area contributed by atoms with Crippen LogP contribution in [0.5, 0.6) is 11.5 Å². The van der Waals surface area contributed by atoms with Crippen LogP contribution < -0.4 is 15.4 Å². The van der Waals surface area contributed by atoms with E-state index in [0.717, 1.165) is 0 Å². The van der Waals surface area contributed by atoms with Crippen molar-refractivity contribution >= 4 is 40.5 Å². The molecule has 0 aliphatic rings. The molecule has 2 N–H and O–H groups in total. The van der Waals surface area contributed by atoms with Crippen LogP contribution in [0.25, 0.3) is 0 Å². The van der Waals surface area contributed by atoms with Crippen molar-refractivity contribution in [2.45, 2.75) is 0 Å². The fourth-order valence-electron chi connectivity index (χ4n) is 2.96. The first kappa shape index (κ1) is 22.6. The quantitative estimate of drug-likeness (QED) is 0.243. The van der Waals surface area contributed by atoms with Crippen molar-refractivity contribution in [2.24, 2.45) is 0 Å². The summed E-state index contributed by atoms with van der Waals surface area (Å²) < 4.78 is 10.6. The van der Waals surface area contributed by atoms with Crippen molar-refractivity contribution in [3.8, 4) is 11.5 Å². The molecule has 0 bridgehead atoms. The Balaban J connectivity index is 1.38. The van der Waals surface area contributed by atoms with E-state index in [0.29, 0.717) is 22.7 Å². The highest BCUT2D eigenvalue weighted by Crippen LogP contribution is 2.33. The summed E-state index contributed by atoms with van der Waals surface area (Å²) in [5.74, 6) is -0.204. The van der Waals surface area contributed by atoms with E-state index < -0.39 is 4.92 Å².